The molecule has 3 rings (SSSR count). The van der Waals surface area contributed by atoms with Crippen molar-refractivity contribution < 1.29 is 9.59 Å². The molecule has 7 heteroatoms. The minimum absolute atomic E-state index is 0.113. The van der Waals surface area contributed by atoms with Crippen molar-refractivity contribution in [2.24, 2.45) is 0 Å². The Morgan fingerprint density at radius 2 is 2.08 bits per heavy atom. The van der Waals surface area contributed by atoms with Crippen LogP contribution in [0.15, 0.2) is 30.3 Å². The van der Waals surface area contributed by atoms with Crippen molar-refractivity contribution in [2.75, 3.05) is 20.1 Å². The zero-order valence-corrected chi connectivity index (χ0v) is 14.5. The van der Waals surface area contributed by atoms with E-state index in [0.717, 1.165) is 11.3 Å². The number of nitrogens with zero attached hydrogens (tertiary/aromatic N) is 2. The minimum atomic E-state index is -0.238. The highest BCUT2D eigenvalue weighted by atomic mass is 16.2. The summed E-state index contributed by atoms with van der Waals surface area (Å²) in [4.78, 5) is 26.1. The maximum Gasteiger partial charge on any atom is 0.317 e. The summed E-state index contributed by atoms with van der Waals surface area (Å²) >= 11 is 0. The fourth-order valence-electron chi connectivity index (χ4n) is 3.03. The van der Waals surface area contributed by atoms with Gasteiger partial charge in [0.05, 0.1) is 6.54 Å². The molecule has 1 aromatic carbocycles. The predicted molar refractivity (Wildman–Crippen MR) is 94.3 cm³/mol. The lowest BCUT2D eigenvalue weighted by molar-refractivity contribution is 0.0955. The van der Waals surface area contributed by atoms with Gasteiger partial charge >= 0.3 is 6.03 Å². The monoisotopic (exact) mass is 341 g/mol. The number of amides is 3. The van der Waals surface area contributed by atoms with Gasteiger partial charge in [-0.1, -0.05) is 37.3 Å². The summed E-state index contributed by atoms with van der Waals surface area (Å²) in [5.74, 6) is -0.00156. The van der Waals surface area contributed by atoms with Gasteiger partial charge in [-0.2, -0.15) is 5.10 Å². The lowest BCUT2D eigenvalue weighted by atomic mass is 10.0. The Bertz CT molecular complexity index is 756. The number of hydrogen-bond acceptors (Lipinski definition) is 3. The number of nitrogens with one attached hydrogen (secondary N) is 3. The van der Waals surface area contributed by atoms with E-state index in [9.17, 15) is 9.59 Å². The lowest BCUT2D eigenvalue weighted by Gasteiger charge is -2.27. The van der Waals surface area contributed by atoms with E-state index < -0.39 is 0 Å². The Morgan fingerprint density at radius 1 is 1.32 bits per heavy atom. The fourth-order valence-corrected chi connectivity index (χ4v) is 3.03. The standard InChI is InChI=1S/C18H23N5O2/c1-12(13-6-4-3-5-7-13)10-20-18(25)23-9-8-15-14(11-23)16(22-21-15)17(24)19-2/h3-7,12H,8-11H2,1-2H3,(H,19,24)(H,20,25)(H,21,22). The number of aromatic nitrogens is 2. The van der Waals surface area contributed by atoms with Crippen molar-refractivity contribution in [3.8, 4) is 0 Å². The molecule has 1 aliphatic rings. The van der Waals surface area contributed by atoms with Gasteiger partial charge in [-0.3, -0.25) is 9.89 Å². The van der Waals surface area contributed by atoms with Crippen LogP contribution in [-0.4, -0.2) is 47.2 Å². The lowest BCUT2D eigenvalue weighted by Crippen LogP contribution is -2.44. The van der Waals surface area contributed by atoms with Crippen LogP contribution in [0.4, 0.5) is 4.79 Å². The molecule has 0 saturated heterocycles. The maximum absolute atomic E-state index is 12.5. The summed E-state index contributed by atoms with van der Waals surface area (Å²) in [5, 5.41) is 12.6. The van der Waals surface area contributed by atoms with E-state index in [1.807, 2.05) is 18.2 Å². The Labute approximate surface area is 146 Å². The molecule has 0 aliphatic carbocycles. The SMILES string of the molecule is CNC(=O)c1n[nH]c2c1CN(C(=O)NCC(C)c1ccccc1)CC2. The smallest absolute Gasteiger partial charge is 0.317 e. The zero-order chi connectivity index (χ0) is 17.8. The van der Waals surface area contributed by atoms with Crippen molar-refractivity contribution in [2.45, 2.75) is 25.8 Å². The van der Waals surface area contributed by atoms with Crippen molar-refractivity contribution in [3.63, 3.8) is 0 Å². The molecule has 0 saturated carbocycles. The van der Waals surface area contributed by atoms with Gasteiger partial charge in [-0.25, -0.2) is 4.79 Å². The largest absolute Gasteiger partial charge is 0.354 e. The molecule has 1 unspecified atom stereocenters. The van der Waals surface area contributed by atoms with Gasteiger partial charge in [0, 0.05) is 37.8 Å². The van der Waals surface area contributed by atoms with E-state index >= 15 is 0 Å². The van der Waals surface area contributed by atoms with E-state index in [4.69, 9.17) is 0 Å². The zero-order valence-electron chi connectivity index (χ0n) is 14.5. The Balaban J connectivity index is 1.61. The van der Waals surface area contributed by atoms with Gasteiger partial charge in [0.15, 0.2) is 5.69 Å². The molecule has 3 amide bonds. The number of carbonyl (C=O) groups is 2. The van der Waals surface area contributed by atoms with Crippen LogP contribution in [-0.2, 0) is 13.0 Å². The molecule has 0 bridgehead atoms. The quantitative estimate of drug-likeness (QED) is 0.790. The van der Waals surface area contributed by atoms with E-state index in [-0.39, 0.29) is 17.9 Å². The van der Waals surface area contributed by atoms with Crippen LogP contribution in [0.5, 0.6) is 0 Å². The molecule has 2 aromatic rings. The molecule has 0 radical (unpaired) electrons. The third-order valence-corrected chi connectivity index (χ3v) is 4.59. The molecule has 0 fully saturated rings. The van der Waals surface area contributed by atoms with Crippen LogP contribution in [0.1, 0.15) is 40.2 Å². The first-order valence-corrected chi connectivity index (χ1v) is 8.46. The van der Waals surface area contributed by atoms with Crippen LogP contribution in [0.2, 0.25) is 0 Å². The van der Waals surface area contributed by atoms with Crippen molar-refractivity contribution in [3.05, 3.63) is 52.8 Å². The highest BCUT2D eigenvalue weighted by Gasteiger charge is 2.27. The maximum atomic E-state index is 12.5. The van der Waals surface area contributed by atoms with Crippen LogP contribution in [0.3, 0.4) is 0 Å². The molecule has 0 spiro atoms. The van der Waals surface area contributed by atoms with E-state index in [1.54, 1.807) is 11.9 Å². The second-order valence-corrected chi connectivity index (χ2v) is 6.28. The van der Waals surface area contributed by atoms with Gasteiger partial charge in [-0.05, 0) is 11.5 Å². The molecule has 2 heterocycles. The summed E-state index contributed by atoms with van der Waals surface area (Å²) in [7, 11) is 1.57. The van der Waals surface area contributed by atoms with Crippen molar-refractivity contribution in [1.29, 1.82) is 0 Å². The molecule has 3 N–H and O–H groups in total. The molecular formula is C18H23N5O2. The van der Waals surface area contributed by atoms with E-state index in [2.05, 4.69) is 39.9 Å². The van der Waals surface area contributed by atoms with Gasteiger partial charge in [0.25, 0.3) is 5.91 Å². The normalized spacial score (nSPS) is 14.6. The molecule has 132 valence electrons. The summed E-state index contributed by atoms with van der Waals surface area (Å²) in [6, 6.07) is 9.99. The number of benzene rings is 1. The molecule has 7 nitrogen and oxygen atoms in total. The highest BCUT2D eigenvalue weighted by molar-refractivity contribution is 5.94. The van der Waals surface area contributed by atoms with Crippen LogP contribution in [0.25, 0.3) is 0 Å². The fraction of sp³-hybridized carbons (Fsp3) is 0.389. The summed E-state index contributed by atoms with van der Waals surface area (Å²) < 4.78 is 0. The minimum Gasteiger partial charge on any atom is -0.354 e. The number of H-pyrrole nitrogens is 1. The number of carbonyl (C=O) groups excluding carboxylic acids is 2. The first kappa shape index (κ1) is 17.0. The van der Waals surface area contributed by atoms with Crippen molar-refractivity contribution >= 4 is 11.9 Å². The van der Waals surface area contributed by atoms with Gasteiger partial charge in [0.1, 0.15) is 0 Å². The molecule has 25 heavy (non-hydrogen) atoms. The van der Waals surface area contributed by atoms with E-state index in [0.29, 0.717) is 31.7 Å². The average molecular weight is 341 g/mol. The number of aromatic amines is 1. The average Bonchev–Trinajstić information content (AvgIpc) is 3.09. The predicted octanol–water partition coefficient (Wildman–Crippen LogP) is 1.64. The van der Waals surface area contributed by atoms with Crippen LogP contribution < -0.4 is 10.6 Å². The molecule has 1 atom stereocenters. The van der Waals surface area contributed by atoms with E-state index in [1.165, 1.54) is 5.56 Å². The Morgan fingerprint density at radius 3 is 2.80 bits per heavy atom. The molecular weight excluding hydrogens is 318 g/mol. The summed E-state index contributed by atoms with van der Waals surface area (Å²) in [5.41, 5.74) is 3.30. The van der Waals surface area contributed by atoms with Crippen LogP contribution >= 0.6 is 0 Å². The van der Waals surface area contributed by atoms with Crippen molar-refractivity contribution in [1.82, 2.24) is 25.7 Å². The van der Waals surface area contributed by atoms with Gasteiger partial charge < -0.3 is 15.5 Å². The first-order chi connectivity index (χ1) is 12.1. The molecule has 1 aromatic heterocycles. The summed E-state index contributed by atoms with van der Waals surface area (Å²) in [6.45, 7) is 3.65. The van der Waals surface area contributed by atoms with Gasteiger partial charge in [-0.15, -0.1) is 0 Å². The number of fused-ring (bicyclic) bond motifs is 1. The topological polar surface area (TPSA) is 90.1 Å². The number of rotatable bonds is 4. The first-order valence-electron chi connectivity index (χ1n) is 8.46. The molecule has 1 aliphatic heterocycles. The second-order valence-electron chi connectivity index (χ2n) is 6.28. The third-order valence-electron chi connectivity index (χ3n) is 4.59. The van der Waals surface area contributed by atoms with Crippen LogP contribution in [0, 0.1) is 0 Å². The third kappa shape index (κ3) is 3.65. The second kappa shape index (κ2) is 7.38. The summed E-state index contributed by atoms with van der Waals surface area (Å²) in [6.07, 6.45) is 0.668. The van der Waals surface area contributed by atoms with Gasteiger partial charge in [0.2, 0.25) is 0 Å². The Hall–Kier alpha value is -2.83. The highest BCUT2D eigenvalue weighted by Crippen LogP contribution is 2.20. The number of hydrogen-bond donors (Lipinski definition) is 3. The Kier molecular flexibility index (Phi) is 5.02. The number of urea groups is 1.